The Bertz CT molecular complexity index is 403. The zero-order valence-corrected chi connectivity index (χ0v) is 9.92. The molecule has 2 rings (SSSR count). The van der Waals surface area contributed by atoms with E-state index < -0.39 is 4.92 Å². The normalized spacial score (nSPS) is 24.2. The summed E-state index contributed by atoms with van der Waals surface area (Å²) in [6, 6.07) is 6.82. The highest BCUT2D eigenvalue weighted by molar-refractivity contribution is 5.33. The maximum absolute atomic E-state index is 10.5. The summed E-state index contributed by atoms with van der Waals surface area (Å²) >= 11 is 0. The lowest BCUT2D eigenvalue weighted by Crippen LogP contribution is -2.30. The maximum Gasteiger partial charge on any atom is 0.269 e. The van der Waals surface area contributed by atoms with Crippen LogP contribution < -0.4 is 5.32 Å². The van der Waals surface area contributed by atoms with Gasteiger partial charge in [-0.05, 0) is 23.6 Å². The summed E-state index contributed by atoms with van der Waals surface area (Å²) < 4.78 is 5.63. The molecular weight excluding hydrogens is 220 g/mol. The molecule has 0 aromatic heterocycles. The highest BCUT2D eigenvalue weighted by atomic mass is 16.6. The first-order valence-electron chi connectivity index (χ1n) is 5.70. The van der Waals surface area contributed by atoms with Gasteiger partial charge in [-0.15, -0.1) is 0 Å². The van der Waals surface area contributed by atoms with Crippen molar-refractivity contribution in [2.24, 2.45) is 5.92 Å². The number of nitrogens with one attached hydrogen (secondary N) is 1. The maximum atomic E-state index is 10.5. The molecule has 0 unspecified atom stereocenters. The Kier molecular flexibility index (Phi) is 3.40. The molecule has 1 fully saturated rings. The minimum atomic E-state index is -0.399. The average Bonchev–Trinajstić information content (AvgIpc) is 2.78. The summed E-state index contributed by atoms with van der Waals surface area (Å²) in [6.07, 6.45) is -0.150. The van der Waals surface area contributed by atoms with Gasteiger partial charge in [-0.25, -0.2) is 0 Å². The molecule has 2 atom stereocenters. The van der Waals surface area contributed by atoms with Gasteiger partial charge in [0.2, 0.25) is 0 Å². The fourth-order valence-electron chi connectivity index (χ4n) is 1.84. The van der Waals surface area contributed by atoms with Gasteiger partial charge in [0.15, 0.2) is 0 Å². The second-order valence-corrected chi connectivity index (χ2v) is 4.58. The number of rotatable bonds is 3. The third-order valence-electron chi connectivity index (χ3n) is 3.02. The van der Waals surface area contributed by atoms with E-state index in [0.29, 0.717) is 18.6 Å². The molecule has 0 amide bonds. The molecular formula is C12H16N2O3. The molecule has 92 valence electrons. The molecule has 0 radical (unpaired) electrons. The summed E-state index contributed by atoms with van der Waals surface area (Å²) in [7, 11) is 0. The quantitative estimate of drug-likeness (QED) is 0.645. The predicted octanol–water partition coefficient (Wildman–Crippen LogP) is 2.24. The summed E-state index contributed by atoms with van der Waals surface area (Å²) in [5.74, 6) is 0.512. The lowest BCUT2D eigenvalue weighted by molar-refractivity contribution is -0.384. The topological polar surface area (TPSA) is 64.4 Å². The summed E-state index contributed by atoms with van der Waals surface area (Å²) in [4.78, 5) is 10.1. The fraction of sp³-hybridized carbons (Fsp3) is 0.500. The first-order chi connectivity index (χ1) is 8.08. The number of ether oxygens (including phenoxy) is 1. The van der Waals surface area contributed by atoms with Gasteiger partial charge in [-0.2, -0.15) is 0 Å². The molecule has 1 aromatic carbocycles. The van der Waals surface area contributed by atoms with E-state index >= 15 is 0 Å². The Morgan fingerprint density at radius 1 is 1.41 bits per heavy atom. The van der Waals surface area contributed by atoms with Crippen molar-refractivity contribution in [2.75, 3.05) is 6.61 Å². The van der Waals surface area contributed by atoms with Crippen LogP contribution in [0.25, 0.3) is 0 Å². The van der Waals surface area contributed by atoms with Gasteiger partial charge in [0.1, 0.15) is 6.23 Å². The van der Waals surface area contributed by atoms with Crippen LogP contribution in [0.2, 0.25) is 0 Å². The van der Waals surface area contributed by atoms with Crippen molar-refractivity contribution in [3.63, 3.8) is 0 Å². The Labute approximate surface area is 99.9 Å². The van der Waals surface area contributed by atoms with Crippen LogP contribution in [-0.2, 0) is 4.74 Å². The van der Waals surface area contributed by atoms with Crippen molar-refractivity contribution >= 4 is 5.69 Å². The molecule has 1 saturated heterocycles. The number of hydrogen-bond donors (Lipinski definition) is 1. The van der Waals surface area contributed by atoms with Gasteiger partial charge in [0, 0.05) is 18.2 Å². The minimum absolute atomic E-state index is 0.104. The molecule has 1 aromatic rings. The number of hydrogen-bond acceptors (Lipinski definition) is 4. The van der Waals surface area contributed by atoms with Crippen LogP contribution in [0.15, 0.2) is 24.3 Å². The van der Waals surface area contributed by atoms with Crippen molar-refractivity contribution in [2.45, 2.75) is 26.1 Å². The molecule has 1 aliphatic heterocycles. The number of non-ortho nitro benzene ring substituents is 1. The molecule has 1 N–H and O–H groups in total. The Morgan fingerprint density at radius 3 is 2.53 bits per heavy atom. The van der Waals surface area contributed by atoms with Gasteiger partial charge < -0.3 is 4.74 Å². The summed E-state index contributed by atoms with van der Waals surface area (Å²) in [5.41, 5.74) is 1.03. The van der Waals surface area contributed by atoms with E-state index in [1.807, 2.05) is 0 Å². The van der Waals surface area contributed by atoms with Gasteiger partial charge in [-0.3, -0.25) is 15.4 Å². The number of nitro benzene ring substituents is 1. The van der Waals surface area contributed by atoms with Gasteiger partial charge in [-0.1, -0.05) is 13.8 Å². The van der Waals surface area contributed by atoms with Crippen molar-refractivity contribution in [1.29, 1.82) is 0 Å². The van der Waals surface area contributed by atoms with E-state index in [1.165, 1.54) is 12.1 Å². The van der Waals surface area contributed by atoms with Crippen molar-refractivity contribution in [3.05, 3.63) is 39.9 Å². The first kappa shape index (κ1) is 12.0. The van der Waals surface area contributed by atoms with E-state index in [1.54, 1.807) is 12.1 Å². The Morgan fingerprint density at radius 2 is 2.06 bits per heavy atom. The van der Waals surface area contributed by atoms with Gasteiger partial charge in [0.25, 0.3) is 5.69 Å². The molecule has 0 aliphatic carbocycles. The largest absolute Gasteiger partial charge is 0.357 e. The molecule has 0 saturated carbocycles. The van der Waals surface area contributed by atoms with Crippen LogP contribution in [0.1, 0.15) is 25.6 Å². The van der Waals surface area contributed by atoms with E-state index in [4.69, 9.17) is 4.74 Å². The second-order valence-electron chi connectivity index (χ2n) is 4.58. The second kappa shape index (κ2) is 4.81. The molecule has 17 heavy (non-hydrogen) atoms. The van der Waals surface area contributed by atoms with E-state index in [2.05, 4.69) is 19.2 Å². The lowest BCUT2D eigenvalue weighted by Gasteiger charge is -2.14. The number of nitro groups is 1. The van der Waals surface area contributed by atoms with E-state index in [9.17, 15) is 10.1 Å². The fourth-order valence-corrected chi connectivity index (χ4v) is 1.84. The van der Waals surface area contributed by atoms with Crippen molar-refractivity contribution in [3.8, 4) is 0 Å². The van der Waals surface area contributed by atoms with Crippen LogP contribution in [-0.4, -0.2) is 17.6 Å². The zero-order valence-electron chi connectivity index (χ0n) is 9.92. The molecule has 0 bridgehead atoms. The average molecular weight is 236 g/mol. The van der Waals surface area contributed by atoms with Crippen LogP contribution in [0, 0.1) is 16.0 Å². The lowest BCUT2D eigenvalue weighted by atomic mass is 10.1. The molecule has 0 spiro atoms. The third-order valence-corrected chi connectivity index (χ3v) is 3.02. The van der Waals surface area contributed by atoms with Gasteiger partial charge in [0.05, 0.1) is 11.5 Å². The van der Waals surface area contributed by atoms with E-state index in [-0.39, 0.29) is 11.9 Å². The van der Waals surface area contributed by atoms with Crippen LogP contribution in [0.5, 0.6) is 0 Å². The Balaban J connectivity index is 2.06. The highest BCUT2D eigenvalue weighted by Crippen LogP contribution is 2.24. The SMILES string of the molecule is CC(C)[C@H]1CO[C@H](c2ccc([N+](=O)[O-])cc2)N1. The highest BCUT2D eigenvalue weighted by Gasteiger charge is 2.27. The summed E-state index contributed by atoms with van der Waals surface area (Å²) in [5, 5.41) is 13.9. The third kappa shape index (κ3) is 2.62. The number of nitrogens with zero attached hydrogens (tertiary/aromatic N) is 1. The van der Waals surface area contributed by atoms with Crippen molar-refractivity contribution < 1.29 is 9.66 Å². The number of benzene rings is 1. The Hall–Kier alpha value is -1.46. The predicted molar refractivity (Wildman–Crippen MR) is 63.6 cm³/mol. The first-order valence-corrected chi connectivity index (χ1v) is 5.70. The zero-order chi connectivity index (χ0) is 12.4. The van der Waals surface area contributed by atoms with Crippen molar-refractivity contribution in [1.82, 2.24) is 5.32 Å². The monoisotopic (exact) mass is 236 g/mol. The molecule has 5 nitrogen and oxygen atoms in total. The molecule has 1 aliphatic rings. The summed E-state index contributed by atoms with van der Waals surface area (Å²) in [6.45, 7) is 4.96. The standard InChI is InChI=1S/C12H16N2O3/c1-8(2)11-7-17-12(13-11)9-3-5-10(6-4-9)14(15)16/h3-6,8,11-13H,7H2,1-2H3/t11-,12-/m1/s1. The molecule has 5 heteroatoms. The van der Waals surface area contributed by atoms with Crippen LogP contribution in [0.4, 0.5) is 5.69 Å². The van der Waals surface area contributed by atoms with Crippen LogP contribution >= 0.6 is 0 Å². The smallest absolute Gasteiger partial charge is 0.269 e. The van der Waals surface area contributed by atoms with E-state index in [0.717, 1.165) is 5.56 Å². The van der Waals surface area contributed by atoms with Crippen LogP contribution in [0.3, 0.4) is 0 Å². The molecule has 1 heterocycles. The minimum Gasteiger partial charge on any atom is -0.357 e. The van der Waals surface area contributed by atoms with Gasteiger partial charge >= 0.3 is 0 Å².